The van der Waals surface area contributed by atoms with Crippen LogP contribution in [0.2, 0.25) is 0 Å². The first-order chi connectivity index (χ1) is 21.3. The quantitative estimate of drug-likeness (QED) is 0.199. The summed E-state index contributed by atoms with van der Waals surface area (Å²) in [4.78, 5) is 11.9. The largest absolute Gasteiger partial charge is 0.467 e. The summed E-state index contributed by atoms with van der Waals surface area (Å²) >= 11 is 0. The molecular formula is C41H60O4S. The van der Waals surface area contributed by atoms with Crippen LogP contribution in [0.5, 0.6) is 0 Å². The number of aliphatic hydroxyl groups is 1. The highest BCUT2D eigenvalue weighted by Gasteiger charge is 2.36. The highest BCUT2D eigenvalue weighted by atomic mass is 32.3. The maximum atomic E-state index is 11.9. The van der Waals surface area contributed by atoms with Crippen LogP contribution in [0.15, 0.2) is 60.7 Å². The van der Waals surface area contributed by atoms with E-state index in [2.05, 4.69) is 118 Å². The average molecular weight is 649 g/mol. The zero-order chi connectivity index (χ0) is 34.7. The normalized spacial score (nSPS) is 14.6. The SMILES string of the molecule is CCC(CC)(c1ccc(CCC(OS(C)(C)C(C)(C)C)C(C)(C)C)c(C)c1)c1ccc(-c2cccc([C@@H](O)C(=O)OC)c2)c(C)c1. The van der Waals surface area contributed by atoms with Gasteiger partial charge in [-0.05, 0) is 108 Å². The summed E-state index contributed by atoms with van der Waals surface area (Å²) in [5.74, 6) is -0.658. The minimum Gasteiger partial charge on any atom is -0.467 e. The summed E-state index contributed by atoms with van der Waals surface area (Å²) in [5.41, 5.74) is 9.11. The number of benzene rings is 3. The summed E-state index contributed by atoms with van der Waals surface area (Å²) in [6.45, 7) is 22.8. The molecule has 0 aliphatic heterocycles. The molecule has 0 radical (unpaired) electrons. The Balaban J connectivity index is 1.91. The van der Waals surface area contributed by atoms with Gasteiger partial charge in [0.2, 0.25) is 0 Å². The van der Waals surface area contributed by atoms with Crippen molar-refractivity contribution in [1.82, 2.24) is 0 Å². The van der Waals surface area contributed by atoms with E-state index >= 15 is 0 Å². The van der Waals surface area contributed by atoms with Gasteiger partial charge in [0.15, 0.2) is 6.10 Å². The third-order valence-electron chi connectivity index (χ3n) is 10.3. The Bertz CT molecular complexity index is 1490. The van der Waals surface area contributed by atoms with Gasteiger partial charge < -0.3 is 14.0 Å². The molecule has 0 bridgehead atoms. The van der Waals surface area contributed by atoms with E-state index in [4.69, 9.17) is 8.92 Å². The topological polar surface area (TPSA) is 55.8 Å². The Labute approximate surface area is 281 Å². The number of aryl methyl sites for hydroxylation is 3. The van der Waals surface area contributed by atoms with Crippen molar-refractivity contribution >= 4 is 16.3 Å². The van der Waals surface area contributed by atoms with Gasteiger partial charge in [-0.25, -0.2) is 4.79 Å². The van der Waals surface area contributed by atoms with Crippen LogP contribution >= 0.6 is 10.3 Å². The third kappa shape index (κ3) is 8.27. The molecule has 3 rings (SSSR count). The maximum absolute atomic E-state index is 11.9. The lowest BCUT2D eigenvalue weighted by atomic mass is 9.69. The summed E-state index contributed by atoms with van der Waals surface area (Å²) < 4.78 is 11.8. The summed E-state index contributed by atoms with van der Waals surface area (Å²) in [5, 5.41) is 10.4. The Kier molecular flexibility index (Phi) is 12.1. The number of carbonyl (C=O) groups excluding carboxylic acids is 1. The number of hydrogen-bond acceptors (Lipinski definition) is 4. The van der Waals surface area contributed by atoms with Gasteiger partial charge >= 0.3 is 5.97 Å². The first kappa shape index (κ1) is 37.9. The minimum absolute atomic E-state index is 0.0649. The molecule has 0 saturated heterocycles. The fraction of sp³-hybridized carbons (Fsp3) is 0.537. The number of aliphatic hydroxyl groups excluding tert-OH is 1. The Morgan fingerprint density at radius 3 is 1.93 bits per heavy atom. The van der Waals surface area contributed by atoms with Crippen LogP contribution in [-0.4, -0.2) is 41.5 Å². The molecule has 0 fully saturated rings. The second-order valence-corrected chi connectivity index (χ2v) is 19.2. The molecule has 0 aromatic heterocycles. The molecule has 0 aliphatic rings. The molecule has 0 spiro atoms. The number of carbonyl (C=O) groups is 1. The van der Waals surface area contributed by atoms with Gasteiger partial charge in [-0.1, -0.05) is 110 Å². The van der Waals surface area contributed by atoms with E-state index < -0.39 is 22.4 Å². The van der Waals surface area contributed by atoms with E-state index in [0.29, 0.717) is 5.56 Å². The molecule has 46 heavy (non-hydrogen) atoms. The Morgan fingerprint density at radius 1 is 0.848 bits per heavy atom. The van der Waals surface area contributed by atoms with Crippen molar-refractivity contribution in [3.8, 4) is 11.1 Å². The van der Waals surface area contributed by atoms with E-state index in [-0.39, 0.29) is 21.7 Å². The second-order valence-electron chi connectivity index (χ2n) is 15.3. The monoisotopic (exact) mass is 648 g/mol. The number of esters is 1. The number of methoxy groups -OCH3 is 1. The van der Waals surface area contributed by atoms with Gasteiger partial charge in [0, 0.05) is 10.2 Å². The number of ether oxygens (including phenoxy) is 1. The molecule has 0 heterocycles. The van der Waals surface area contributed by atoms with Gasteiger partial charge in [-0.2, -0.15) is 0 Å². The smallest absolute Gasteiger partial charge is 0.339 e. The van der Waals surface area contributed by atoms with Crippen molar-refractivity contribution in [2.75, 3.05) is 19.6 Å². The van der Waals surface area contributed by atoms with Crippen LogP contribution in [0.25, 0.3) is 11.1 Å². The zero-order valence-corrected chi connectivity index (χ0v) is 31.7. The molecule has 5 heteroatoms. The van der Waals surface area contributed by atoms with Crippen LogP contribution < -0.4 is 0 Å². The van der Waals surface area contributed by atoms with Gasteiger partial charge in [0.05, 0.1) is 13.2 Å². The fourth-order valence-corrected chi connectivity index (χ4v) is 7.52. The average Bonchev–Trinajstić information content (AvgIpc) is 2.99. The number of hydrogen-bond donors (Lipinski definition) is 1. The predicted octanol–water partition coefficient (Wildman–Crippen LogP) is 10.4. The molecule has 0 amide bonds. The molecule has 2 atom stereocenters. The predicted molar refractivity (Wildman–Crippen MR) is 198 cm³/mol. The number of rotatable bonds is 12. The van der Waals surface area contributed by atoms with E-state index in [1.807, 2.05) is 18.2 Å². The van der Waals surface area contributed by atoms with Crippen LogP contribution in [0, 0.1) is 19.3 Å². The van der Waals surface area contributed by atoms with Crippen LogP contribution in [0.4, 0.5) is 0 Å². The van der Waals surface area contributed by atoms with E-state index in [9.17, 15) is 9.90 Å². The van der Waals surface area contributed by atoms with Crippen molar-refractivity contribution in [2.45, 2.75) is 117 Å². The Morgan fingerprint density at radius 2 is 1.43 bits per heavy atom. The lowest BCUT2D eigenvalue weighted by Crippen LogP contribution is -2.35. The van der Waals surface area contributed by atoms with Crippen molar-refractivity contribution in [1.29, 1.82) is 0 Å². The molecule has 0 aliphatic carbocycles. The first-order valence-corrected chi connectivity index (χ1v) is 19.2. The summed E-state index contributed by atoms with van der Waals surface area (Å²) in [7, 11) is 0.0635. The molecule has 0 saturated carbocycles. The van der Waals surface area contributed by atoms with Crippen molar-refractivity contribution < 1.29 is 18.8 Å². The van der Waals surface area contributed by atoms with Gasteiger partial charge in [0.1, 0.15) is 0 Å². The molecule has 254 valence electrons. The summed E-state index contributed by atoms with van der Waals surface area (Å²) in [6, 6.07) is 21.4. The van der Waals surface area contributed by atoms with Crippen molar-refractivity contribution in [3.63, 3.8) is 0 Å². The molecule has 3 aromatic carbocycles. The van der Waals surface area contributed by atoms with E-state index in [1.165, 1.54) is 29.4 Å². The van der Waals surface area contributed by atoms with Crippen molar-refractivity contribution in [3.05, 3.63) is 94.0 Å². The lowest BCUT2D eigenvalue weighted by Gasteiger charge is -2.48. The fourth-order valence-electron chi connectivity index (χ4n) is 6.26. The van der Waals surface area contributed by atoms with Gasteiger partial charge in [-0.3, -0.25) is 0 Å². The molecular weight excluding hydrogens is 589 g/mol. The minimum atomic E-state index is -1.30. The molecule has 4 nitrogen and oxygen atoms in total. The lowest BCUT2D eigenvalue weighted by molar-refractivity contribution is -0.150. The summed E-state index contributed by atoms with van der Waals surface area (Å²) in [6.07, 6.45) is 7.49. The molecule has 3 aromatic rings. The maximum Gasteiger partial charge on any atom is 0.339 e. The van der Waals surface area contributed by atoms with Gasteiger partial charge in [-0.15, -0.1) is 10.3 Å². The standard InChI is InChI=1S/C41H60O4S/c1-14-41(15-2,34-22-23-35(29(4)26-34)31-17-16-18-32(27-31)37(42)38(43)44-11)33-21-19-30(28(3)25-33)20-24-36(39(5,6)7)45-46(12,13)40(8,9)10/h16-19,21-23,25-27,36-37,42H,14-15,20,24H2,1-13H3/t36?,37-/m1/s1. The third-order valence-corrected chi connectivity index (χ3v) is 14.0. The van der Waals surface area contributed by atoms with Crippen LogP contribution in [0.1, 0.15) is 114 Å². The zero-order valence-electron chi connectivity index (χ0n) is 30.8. The Hall–Kier alpha value is -2.60. The highest BCUT2D eigenvalue weighted by Crippen LogP contribution is 2.56. The van der Waals surface area contributed by atoms with Crippen LogP contribution in [0.3, 0.4) is 0 Å². The molecule has 1 unspecified atom stereocenters. The van der Waals surface area contributed by atoms with Gasteiger partial charge in [0.25, 0.3) is 0 Å². The van der Waals surface area contributed by atoms with E-state index in [0.717, 1.165) is 42.4 Å². The first-order valence-electron chi connectivity index (χ1n) is 16.8. The van der Waals surface area contributed by atoms with E-state index in [1.54, 1.807) is 6.07 Å². The van der Waals surface area contributed by atoms with Crippen LogP contribution in [-0.2, 0) is 25.6 Å². The highest BCUT2D eigenvalue weighted by molar-refractivity contribution is 8.29. The second kappa shape index (κ2) is 14.7. The molecule has 1 N–H and O–H groups in total. The van der Waals surface area contributed by atoms with Crippen molar-refractivity contribution in [2.24, 2.45) is 5.41 Å².